The van der Waals surface area contributed by atoms with E-state index in [0.717, 1.165) is 16.6 Å². The first-order valence-electron chi connectivity index (χ1n) is 8.06. The molecule has 2 N–H and O–H groups in total. The third kappa shape index (κ3) is 4.00. The molecule has 3 rings (SSSR count). The molecule has 1 aliphatic heterocycles. The van der Waals surface area contributed by atoms with Crippen LogP contribution >= 0.6 is 0 Å². The number of ether oxygens (including phenoxy) is 1. The predicted molar refractivity (Wildman–Crippen MR) is 93.5 cm³/mol. The minimum Gasteiger partial charge on any atom is -0.379 e. The van der Waals surface area contributed by atoms with Crippen LogP contribution in [0.15, 0.2) is 24.3 Å². The van der Waals surface area contributed by atoms with E-state index < -0.39 is 10.0 Å². The Morgan fingerprint density at radius 2 is 2.12 bits per heavy atom. The number of amides is 1. The van der Waals surface area contributed by atoms with E-state index in [2.05, 4.69) is 15.5 Å². The second-order valence-corrected chi connectivity index (χ2v) is 8.66. The summed E-state index contributed by atoms with van der Waals surface area (Å²) >= 11 is 0. The molecule has 2 atom stereocenters. The summed E-state index contributed by atoms with van der Waals surface area (Å²) in [7, 11) is -0.339. The molecule has 9 heteroatoms. The zero-order valence-corrected chi connectivity index (χ0v) is 15.0. The quantitative estimate of drug-likeness (QED) is 0.756. The van der Waals surface area contributed by atoms with Gasteiger partial charge in [-0.1, -0.05) is 18.2 Å². The zero-order valence-electron chi connectivity index (χ0n) is 14.2. The van der Waals surface area contributed by atoms with Gasteiger partial charge in [-0.05, 0) is 6.07 Å². The van der Waals surface area contributed by atoms with Gasteiger partial charge in [-0.3, -0.25) is 9.89 Å². The van der Waals surface area contributed by atoms with E-state index in [9.17, 15) is 13.2 Å². The average molecular weight is 366 g/mol. The van der Waals surface area contributed by atoms with E-state index in [1.54, 1.807) is 0 Å². The first-order chi connectivity index (χ1) is 11.9. The Kier molecular flexibility index (Phi) is 5.07. The number of carbonyl (C=O) groups is 1. The van der Waals surface area contributed by atoms with Crippen LogP contribution in [-0.4, -0.2) is 67.9 Å². The van der Waals surface area contributed by atoms with Gasteiger partial charge in [-0.2, -0.15) is 5.10 Å². The lowest BCUT2D eigenvalue weighted by Crippen LogP contribution is -2.44. The molecule has 25 heavy (non-hydrogen) atoms. The number of sulfonamides is 1. The van der Waals surface area contributed by atoms with Gasteiger partial charge in [0, 0.05) is 25.4 Å². The number of hydrogen-bond donors (Lipinski definition) is 2. The van der Waals surface area contributed by atoms with Gasteiger partial charge in [-0.25, -0.2) is 12.7 Å². The zero-order chi connectivity index (χ0) is 18.0. The Labute approximate surface area is 146 Å². The van der Waals surface area contributed by atoms with E-state index >= 15 is 0 Å². The number of aromatic amines is 1. The summed E-state index contributed by atoms with van der Waals surface area (Å²) < 4.78 is 30.7. The maximum atomic E-state index is 12.4. The Balaban J connectivity index is 1.64. The highest BCUT2D eigenvalue weighted by atomic mass is 32.2. The molecule has 0 radical (unpaired) electrons. The molecule has 1 saturated heterocycles. The van der Waals surface area contributed by atoms with Crippen molar-refractivity contribution in [1.82, 2.24) is 19.8 Å². The van der Waals surface area contributed by atoms with Gasteiger partial charge < -0.3 is 10.1 Å². The van der Waals surface area contributed by atoms with Crippen molar-refractivity contribution in [3.05, 3.63) is 30.0 Å². The summed E-state index contributed by atoms with van der Waals surface area (Å²) in [5.74, 6) is -0.482. The number of aromatic nitrogens is 2. The van der Waals surface area contributed by atoms with E-state index in [-0.39, 0.29) is 30.0 Å². The van der Waals surface area contributed by atoms with Crippen LogP contribution in [0.1, 0.15) is 5.69 Å². The highest BCUT2D eigenvalue weighted by Crippen LogP contribution is 2.19. The highest BCUT2D eigenvalue weighted by Gasteiger charge is 2.34. The van der Waals surface area contributed by atoms with Crippen LogP contribution in [-0.2, 0) is 26.0 Å². The molecule has 0 unspecified atom stereocenters. The van der Waals surface area contributed by atoms with E-state index in [1.165, 1.54) is 18.4 Å². The third-order valence-corrected chi connectivity index (χ3v) is 6.37. The summed E-state index contributed by atoms with van der Waals surface area (Å²) in [6.07, 6.45) is 0.157. The van der Waals surface area contributed by atoms with Crippen LogP contribution in [0.2, 0.25) is 0 Å². The molecule has 0 aliphatic carbocycles. The lowest BCUT2D eigenvalue weighted by atomic mass is 10.1. The highest BCUT2D eigenvalue weighted by molar-refractivity contribution is 7.89. The number of nitrogens with one attached hydrogen (secondary N) is 2. The predicted octanol–water partition coefficient (Wildman–Crippen LogP) is 0.128. The number of rotatable bonds is 6. The fraction of sp³-hybridized carbons (Fsp3) is 0.500. The van der Waals surface area contributed by atoms with Crippen molar-refractivity contribution in [2.75, 3.05) is 33.1 Å². The lowest BCUT2D eigenvalue weighted by molar-refractivity contribution is -0.121. The van der Waals surface area contributed by atoms with Gasteiger partial charge in [-0.15, -0.1) is 0 Å². The van der Waals surface area contributed by atoms with Gasteiger partial charge in [0.05, 0.1) is 42.6 Å². The SMILES string of the molecule is CN(C)S(=O)(=O)C[C@@H]1COC[C@@H]1NC(=O)Cc1[nH]nc2ccccc12. The molecule has 2 aromatic rings. The largest absolute Gasteiger partial charge is 0.379 e. The van der Waals surface area contributed by atoms with Crippen molar-refractivity contribution >= 4 is 26.8 Å². The Hall–Kier alpha value is -1.97. The van der Waals surface area contributed by atoms with E-state index in [4.69, 9.17) is 4.74 Å². The molecule has 1 aliphatic rings. The van der Waals surface area contributed by atoms with Crippen molar-refractivity contribution in [3.8, 4) is 0 Å². The number of H-pyrrole nitrogens is 1. The minimum absolute atomic E-state index is 0.0437. The summed E-state index contributed by atoms with van der Waals surface area (Å²) in [6.45, 7) is 0.647. The van der Waals surface area contributed by atoms with E-state index in [1.807, 2.05) is 24.3 Å². The molecule has 1 aromatic carbocycles. The summed E-state index contributed by atoms with van der Waals surface area (Å²) in [4.78, 5) is 12.4. The molecular weight excluding hydrogens is 344 g/mol. The first-order valence-corrected chi connectivity index (χ1v) is 9.67. The number of nitrogens with zero attached hydrogens (tertiary/aromatic N) is 2. The molecule has 136 valence electrons. The monoisotopic (exact) mass is 366 g/mol. The second kappa shape index (κ2) is 7.11. The third-order valence-electron chi connectivity index (χ3n) is 4.40. The maximum Gasteiger partial charge on any atom is 0.226 e. The van der Waals surface area contributed by atoms with Gasteiger partial charge in [0.2, 0.25) is 15.9 Å². The van der Waals surface area contributed by atoms with Crippen molar-refractivity contribution in [2.45, 2.75) is 12.5 Å². The van der Waals surface area contributed by atoms with Crippen LogP contribution in [0.4, 0.5) is 0 Å². The molecule has 1 fully saturated rings. The van der Waals surface area contributed by atoms with Gasteiger partial charge in [0.15, 0.2) is 0 Å². The number of hydrogen-bond acceptors (Lipinski definition) is 5. The Bertz CT molecular complexity index is 862. The smallest absolute Gasteiger partial charge is 0.226 e. The molecular formula is C16H22N4O4S. The van der Waals surface area contributed by atoms with Gasteiger partial charge >= 0.3 is 0 Å². The number of carbonyl (C=O) groups excluding carboxylic acids is 1. The topological polar surface area (TPSA) is 104 Å². The van der Waals surface area contributed by atoms with Gasteiger partial charge in [0.25, 0.3) is 0 Å². The van der Waals surface area contributed by atoms with Crippen LogP contribution < -0.4 is 5.32 Å². The van der Waals surface area contributed by atoms with E-state index in [0.29, 0.717) is 13.2 Å². The fourth-order valence-corrected chi connectivity index (χ4v) is 4.08. The molecule has 0 saturated carbocycles. The number of para-hydroxylation sites is 1. The molecule has 0 bridgehead atoms. The van der Waals surface area contributed by atoms with Crippen molar-refractivity contribution < 1.29 is 17.9 Å². The molecule has 1 amide bonds. The Morgan fingerprint density at radius 3 is 2.88 bits per heavy atom. The normalized spacial score (nSPS) is 21.1. The molecule has 0 spiro atoms. The van der Waals surface area contributed by atoms with Crippen molar-refractivity contribution in [2.24, 2.45) is 5.92 Å². The molecule has 8 nitrogen and oxygen atoms in total. The van der Waals surface area contributed by atoms with Crippen LogP contribution in [0.5, 0.6) is 0 Å². The standard InChI is InChI=1S/C16H22N4O4S/c1-20(2)25(22,23)10-11-8-24-9-15(11)17-16(21)7-14-12-5-3-4-6-13(12)18-19-14/h3-6,11,15H,7-10H2,1-2H3,(H,17,21)(H,18,19)/t11-,15-/m0/s1. The number of fused-ring (bicyclic) bond motifs is 1. The Morgan fingerprint density at radius 1 is 1.36 bits per heavy atom. The van der Waals surface area contributed by atoms with Crippen LogP contribution in [0.3, 0.4) is 0 Å². The van der Waals surface area contributed by atoms with Crippen LogP contribution in [0, 0.1) is 5.92 Å². The first kappa shape index (κ1) is 17.8. The summed E-state index contributed by atoms with van der Waals surface area (Å²) in [6, 6.07) is 7.26. The lowest BCUT2D eigenvalue weighted by Gasteiger charge is -2.21. The minimum atomic E-state index is -3.34. The van der Waals surface area contributed by atoms with Crippen molar-refractivity contribution in [3.63, 3.8) is 0 Å². The van der Waals surface area contributed by atoms with Gasteiger partial charge in [0.1, 0.15) is 0 Å². The van der Waals surface area contributed by atoms with Crippen LogP contribution in [0.25, 0.3) is 10.9 Å². The number of benzene rings is 1. The average Bonchev–Trinajstić information content (AvgIpc) is 3.15. The maximum absolute atomic E-state index is 12.4. The molecule has 1 aromatic heterocycles. The summed E-state index contributed by atoms with van der Waals surface area (Å²) in [5.41, 5.74) is 1.55. The fourth-order valence-electron chi connectivity index (χ4n) is 2.91. The molecule has 2 heterocycles. The van der Waals surface area contributed by atoms with Crippen molar-refractivity contribution in [1.29, 1.82) is 0 Å². The second-order valence-electron chi connectivity index (χ2n) is 6.43. The summed E-state index contributed by atoms with van der Waals surface area (Å²) in [5, 5.41) is 10.9.